The van der Waals surface area contributed by atoms with E-state index in [1.807, 2.05) is 0 Å². The highest BCUT2D eigenvalue weighted by molar-refractivity contribution is 7.91. The van der Waals surface area contributed by atoms with E-state index in [1.54, 1.807) is 0 Å². The van der Waals surface area contributed by atoms with E-state index in [4.69, 9.17) is 0 Å². The lowest BCUT2D eigenvalue weighted by atomic mass is 10.2. The Bertz CT molecular complexity index is 1050. The van der Waals surface area contributed by atoms with Crippen LogP contribution in [0.1, 0.15) is 41.7 Å². The molecular weight excluding hydrogens is 356 g/mol. The molecule has 0 spiro atoms. The second-order valence-corrected chi connectivity index (χ2v) is 6.94. The summed E-state index contributed by atoms with van der Waals surface area (Å²) in [5.41, 5.74) is -1.14. The molecule has 0 saturated carbocycles. The van der Waals surface area contributed by atoms with Crippen LogP contribution in [0.5, 0.6) is 0 Å². The molecule has 11 heteroatoms. The van der Waals surface area contributed by atoms with Crippen molar-refractivity contribution in [3.05, 3.63) is 47.0 Å². The number of hydrogen-bond donors (Lipinski definition) is 0. The number of carbonyl (C=O) groups excluding carboxylic acids is 4. The van der Waals surface area contributed by atoms with E-state index in [1.165, 1.54) is 0 Å². The van der Waals surface area contributed by atoms with Crippen molar-refractivity contribution in [2.45, 2.75) is 9.79 Å². The molecule has 0 N–H and O–H groups in total. The maximum atomic E-state index is 12.7. The van der Waals surface area contributed by atoms with Gasteiger partial charge >= 0.3 is 23.9 Å². The Hall–Kier alpha value is -3.47. The number of esters is 4. The van der Waals surface area contributed by atoms with Gasteiger partial charge in [-0.3, -0.25) is 0 Å². The van der Waals surface area contributed by atoms with Gasteiger partial charge in [-0.15, -0.1) is 0 Å². The average molecular weight is 360 g/mol. The molecule has 0 aliphatic carbocycles. The van der Waals surface area contributed by atoms with E-state index in [0.717, 1.165) is 24.5 Å². The molecule has 0 aromatic carbocycles. The Kier molecular flexibility index (Phi) is 2.88. The molecule has 0 amide bonds. The van der Waals surface area contributed by atoms with Crippen LogP contribution in [-0.2, 0) is 19.3 Å². The first-order chi connectivity index (χ1) is 11.8. The fraction of sp³-hybridized carbons (Fsp3) is 0. The van der Waals surface area contributed by atoms with Gasteiger partial charge in [-0.05, 0) is 12.1 Å². The fourth-order valence-electron chi connectivity index (χ4n) is 2.33. The molecule has 2 aliphatic rings. The van der Waals surface area contributed by atoms with Crippen molar-refractivity contribution in [3.8, 4) is 0 Å². The predicted octanol–water partition coefficient (Wildman–Crippen LogP) is -0.0694. The number of carbonyl (C=O) groups is 4. The molecule has 4 heterocycles. The lowest BCUT2D eigenvalue weighted by molar-refractivity contribution is 0.0423. The van der Waals surface area contributed by atoms with E-state index in [9.17, 15) is 27.6 Å². The Balaban J connectivity index is 1.84. The molecule has 25 heavy (non-hydrogen) atoms. The number of nitrogens with zero attached hydrogens (tertiary/aromatic N) is 2. The highest BCUT2D eigenvalue weighted by Gasteiger charge is 2.35. The average Bonchev–Trinajstić information content (AvgIpc) is 3.03. The Morgan fingerprint density at radius 1 is 0.680 bits per heavy atom. The minimum absolute atomic E-state index is 0.283. The number of rotatable bonds is 2. The van der Waals surface area contributed by atoms with Crippen molar-refractivity contribution in [3.63, 3.8) is 0 Å². The summed E-state index contributed by atoms with van der Waals surface area (Å²) in [7, 11) is -4.23. The summed E-state index contributed by atoms with van der Waals surface area (Å²) in [6, 6.07) is 1.89. The van der Waals surface area contributed by atoms with Crippen LogP contribution >= 0.6 is 0 Å². The van der Waals surface area contributed by atoms with Crippen LogP contribution in [0.25, 0.3) is 0 Å². The van der Waals surface area contributed by atoms with Crippen molar-refractivity contribution in [2.24, 2.45) is 0 Å². The SMILES string of the molecule is O=C1OC(=O)c2ncc(S(=O)(=O)c3cnc4c(c3)C(=O)OC4=O)cc21. The number of pyridine rings is 2. The minimum atomic E-state index is -4.23. The molecule has 0 bridgehead atoms. The van der Waals surface area contributed by atoms with E-state index in [-0.39, 0.29) is 22.5 Å². The first-order valence-electron chi connectivity index (χ1n) is 6.57. The summed E-state index contributed by atoms with van der Waals surface area (Å²) >= 11 is 0. The van der Waals surface area contributed by atoms with Crippen molar-refractivity contribution in [1.29, 1.82) is 0 Å². The number of ether oxygens (including phenoxy) is 2. The van der Waals surface area contributed by atoms with Crippen LogP contribution in [0.4, 0.5) is 0 Å². The normalized spacial score (nSPS) is 15.7. The van der Waals surface area contributed by atoms with Gasteiger partial charge in [0.1, 0.15) is 0 Å². The van der Waals surface area contributed by atoms with Crippen molar-refractivity contribution >= 4 is 33.7 Å². The third-order valence-electron chi connectivity index (χ3n) is 3.54. The zero-order chi connectivity index (χ0) is 17.9. The van der Waals surface area contributed by atoms with Crippen LogP contribution in [0.15, 0.2) is 34.3 Å². The monoisotopic (exact) mass is 360 g/mol. The van der Waals surface area contributed by atoms with E-state index < -0.39 is 43.5 Å². The first kappa shape index (κ1) is 15.1. The third kappa shape index (κ3) is 2.06. The number of cyclic esters (lactones) is 4. The van der Waals surface area contributed by atoms with Gasteiger partial charge in [0.2, 0.25) is 9.84 Å². The summed E-state index contributed by atoms with van der Waals surface area (Å²) < 4.78 is 34.0. The van der Waals surface area contributed by atoms with Crippen LogP contribution in [0.3, 0.4) is 0 Å². The van der Waals surface area contributed by atoms with Crippen molar-refractivity contribution < 1.29 is 37.1 Å². The molecule has 0 unspecified atom stereocenters. The standard InChI is InChI=1S/C14H4N2O8S/c17-11-7-1-5(3-15-9(7)13(19)23-11)25(21,22)6-2-8-10(16-4-6)14(20)24-12(8)18/h1-4H. The molecule has 0 saturated heterocycles. The quantitative estimate of drug-likeness (QED) is 0.526. The van der Waals surface area contributed by atoms with Gasteiger partial charge in [-0.25, -0.2) is 37.6 Å². The van der Waals surface area contributed by atoms with Crippen molar-refractivity contribution in [1.82, 2.24) is 9.97 Å². The Morgan fingerprint density at radius 3 is 1.48 bits per heavy atom. The van der Waals surface area contributed by atoms with Crippen LogP contribution in [0.2, 0.25) is 0 Å². The van der Waals surface area contributed by atoms with Crippen LogP contribution in [0, 0.1) is 0 Å². The molecule has 2 aromatic heterocycles. The van der Waals surface area contributed by atoms with Crippen LogP contribution < -0.4 is 0 Å². The van der Waals surface area contributed by atoms with Gasteiger partial charge < -0.3 is 9.47 Å². The highest BCUT2D eigenvalue weighted by atomic mass is 32.2. The number of sulfone groups is 1. The summed E-state index contributed by atoms with van der Waals surface area (Å²) in [5.74, 6) is -3.95. The summed E-state index contributed by atoms with van der Waals surface area (Å²) in [4.78, 5) is 52.2. The molecule has 124 valence electrons. The minimum Gasteiger partial charge on any atom is -0.384 e. The molecule has 2 aromatic rings. The van der Waals surface area contributed by atoms with E-state index in [2.05, 4.69) is 19.4 Å². The number of hydrogen-bond acceptors (Lipinski definition) is 10. The molecule has 10 nitrogen and oxygen atoms in total. The third-order valence-corrected chi connectivity index (χ3v) is 5.23. The molecule has 0 radical (unpaired) electrons. The van der Waals surface area contributed by atoms with Gasteiger partial charge in [0.05, 0.1) is 20.9 Å². The summed E-state index contributed by atoms with van der Waals surface area (Å²) in [6.45, 7) is 0. The molecule has 0 atom stereocenters. The number of aromatic nitrogens is 2. The topological polar surface area (TPSA) is 147 Å². The fourth-order valence-corrected chi connectivity index (χ4v) is 3.53. The van der Waals surface area contributed by atoms with Gasteiger partial charge in [-0.1, -0.05) is 0 Å². The maximum absolute atomic E-state index is 12.7. The second-order valence-electron chi connectivity index (χ2n) is 4.99. The van der Waals surface area contributed by atoms with E-state index in [0.29, 0.717) is 0 Å². The molecule has 2 aliphatic heterocycles. The van der Waals surface area contributed by atoms with Gasteiger partial charge in [0.15, 0.2) is 11.4 Å². The lowest BCUT2D eigenvalue weighted by Gasteiger charge is -2.05. The maximum Gasteiger partial charge on any atom is 0.365 e. The Morgan fingerprint density at radius 2 is 1.08 bits per heavy atom. The van der Waals surface area contributed by atoms with E-state index >= 15 is 0 Å². The molecule has 0 fully saturated rings. The van der Waals surface area contributed by atoms with Gasteiger partial charge in [0.25, 0.3) is 0 Å². The predicted molar refractivity (Wildman–Crippen MR) is 73.4 cm³/mol. The largest absolute Gasteiger partial charge is 0.384 e. The second kappa shape index (κ2) is 4.77. The zero-order valence-corrected chi connectivity index (χ0v) is 12.7. The van der Waals surface area contributed by atoms with Gasteiger partial charge in [0, 0.05) is 12.4 Å². The van der Waals surface area contributed by atoms with Gasteiger partial charge in [-0.2, -0.15) is 0 Å². The Labute approximate surface area is 138 Å². The first-order valence-corrected chi connectivity index (χ1v) is 8.05. The summed E-state index contributed by atoms with van der Waals surface area (Å²) in [6.07, 6.45) is 1.76. The summed E-state index contributed by atoms with van der Waals surface area (Å²) in [5, 5.41) is 0. The molecule has 4 rings (SSSR count). The van der Waals surface area contributed by atoms with Crippen molar-refractivity contribution in [2.75, 3.05) is 0 Å². The molecular formula is C14H4N2O8S. The lowest BCUT2D eigenvalue weighted by Crippen LogP contribution is -2.08. The highest BCUT2D eigenvalue weighted by Crippen LogP contribution is 2.27. The zero-order valence-electron chi connectivity index (χ0n) is 11.9. The number of fused-ring (bicyclic) bond motifs is 2. The smallest absolute Gasteiger partial charge is 0.365 e. The van der Waals surface area contributed by atoms with Crippen LogP contribution in [-0.4, -0.2) is 42.3 Å².